The van der Waals surface area contributed by atoms with E-state index in [4.69, 9.17) is 0 Å². The first-order valence-corrected chi connectivity index (χ1v) is 10.2. The first-order chi connectivity index (χ1) is 14.9. The van der Waals surface area contributed by atoms with Gasteiger partial charge in [0.05, 0.1) is 24.6 Å². The summed E-state index contributed by atoms with van der Waals surface area (Å²) >= 11 is 1.43. The maximum Gasteiger partial charge on any atom is 0.269 e. The predicted octanol–water partition coefficient (Wildman–Crippen LogP) is 3.13. The second kappa shape index (κ2) is 8.56. The lowest BCUT2D eigenvalue weighted by atomic mass is 9.99. The molecule has 0 radical (unpaired) electrons. The average Bonchev–Trinajstić information content (AvgIpc) is 3.45. The van der Waals surface area contributed by atoms with Crippen molar-refractivity contribution in [3.8, 4) is 10.6 Å². The number of rotatable bonds is 7. The topological polar surface area (TPSA) is 121 Å². The predicted molar refractivity (Wildman–Crippen MR) is 114 cm³/mol. The minimum Gasteiger partial charge on any atom is -0.346 e. The highest BCUT2D eigenvalue weighted by Crippen LogP contribution is 2.27. The fourth-order valence-electron chi connectivity index (χ4n) is 2.85. The minimum atomic E-state index is -0.798. The Balaban J connectivity index is 1.40. The van der Waals surface area contributed by atoms with Crippen LogP contribution in [0.3, 0.4) is 0 Å². The summed E-state index contributed by atoms with van der Waals surface area (Å²) < 4.78 is 14.1. The molecule has 0 saturated carbocycles. The largest absolute Gasteiger partial charge is 0.346 e. The third kappa shape index (κ3) is 4.72. The van der Waals surface area contributed by atoms with Gasteiger partial charge in [-0.15, -0.1) is 11.3 Å². The van der Waals surface area contributed by atoms with Crippen LogP contribution in [0.1, 0.15) is 34.9 Å². The Labute approximate surface area is 181 Å². The van der Waals surface area contributed by atoms with Crippen LogP contribution in [0.15, 0.2) is 49.4 Å². The lowest BCUT2D eigenvalue weighted by Gasteiger charge is -2.25. The molecule has 1 amide bonds. The van der Waals surface area contributed by atoms with Crippen LogP contribution < -0.4 is 10.6 Å². The smallest absolute Gasteiger partial charge is 0.269 e. The van der Waals surface area contributed by atoms with Crippen molar-refractivity contribution in [3.05, 3.63) is 71.5 Å². The highest BCUT2D eigenvalue weighted by Gasteiger charge is 2.26. The molecule has 11 heteroatoms. The van der Waals surface area contributed by atoms with Crippen LogP contribution in [0, 0.1) is 5.82 Å². The molecule has 0 aromatic carbocycles. The fourth-order valence-corrected chi connectivity index (χ4v) is 3.68. The highest BCUT2D eigenvalue weighted by atomic mass is 32.1. The summed E-state index contributed by atoms with van der Waals surface area (Å²) in [5, 5.41) is 6.64. The van der Waals surface area contributed by atoms with E-state index in [2.05, 4.69) is 40.5 Å². The zero-order chi connectivity index (χ0) is 21.8. The Morgan fingerprint density at radius 1 is 1.16 bits per heavy atom. The van der Waals surface area contributed by atoms with Gasteiger partial charge in [0.25, 0.3) is 5.91 Å². The van der Waals surface area contributed by atoms with E-state index in [1.807, 2.05) is 0 Å². The van der Waals surface area contributed by atoms with Gasteiger partial charge in [-0.1, -0.05) is 0 Å². The van der Waals surface area contributed by atoms with Crippen molar-refractivity contribution in [1.82, 2.24) is 35.2 Å². The van der Waals surface area contributed by atoms with Crippen molar-refractivity contribution in [1.29, 1.82) is 0 Å². The molecule has 4 rings (SSSR count). The number of anilines is 1. The van der Waals surface area contributed by atoms with Crippen LogP contribution in [-0.4, -0.2) is 35.8 Å². The van der Waals surface area contributed by atoms with Gasteiger partial charge in [-0.3, -0.25) is 9.78 Å². The second-order valence-corrected chi connectivity index (χ2v) is 8.27. The second-order valence-electron chi connectivity index (χ2n) is 7.16. The molecule has 31 heavy (non-hydrogen) atoms. The number of aromatic nitrogens is 6. The molecule has 0 fully saturated rings. The van der Waals surface area contributed by atoms with Gasteiger partial charge in [0.15, 0.2) is 0 Å². The Kier molecular flexibility index (Phi) is 5.67. The average molecular weight is 438 g/mol. The van der Waals surface area contributed by atoms with Crippen LogP contribution in [-0.2, 0) is 12.1 Å². The van der Waals surface area contributed by atoms with Crippen LogP contribution in [0.2, 0.25) is 0 Å². The molecular weight excluding hydrogens is 419 g/mol. The van der Waals surface area contributed by atoms with Gasteiger partial charge in [0.1, 0.15) is 22.2 Å². The van der Waals surface area contributed by atoms with Gasteiger partial charge < -0.3 is 15.6 Å². The molecule has 158 valence electrons. The number of carbonyl (C=O) groups is 1. The molecule has 0 saturated heterocycles. The van der Waals surface area contributed by atoms with E-state index in [-0.39, 0.29) is 11.6 Å². The van der Waals surface area contributed by atoms with Gasteiger partial charge in [-0.05, 0) is 26.0 Å². The highest BCUT2D eigenvalue weighted by molar-refractivity contribution is 7.15. The molecule has 0 aliphatic heterocycles. The number of thiazole rings is 1. The normalized spacial score (nSPS) is 11.3. The summed E-state index contributed by atoms with van der Waals surface area (Å²) in [5.41, 5.74) is 0.622. The van der Waals surface area contributed by atoms with E-state index in [9.17, 15) is 9.18 Å². The quantitative estimate of drug-likeness (QED) is 0.405. The van der Waals surface area contributed by atoms with Crippen LogP contribution >= 0.6 is 11.3 Å². The van der Waals surface area contributed by atoms with Crippen molar-refractivity contribution in [2.24, 2.45) is 0 Å². The first-order valence-electron chi connectivity index (χ1n) is 9.35. The summed E-state index contributed by atoms with van der Waals surface area (Å²) in [6.45, 7) is 3.96. The molecule has 0 aliphatic rings. The number of nitrogens with zero attached hydrogens (tertiary/aromatic N) is 5. The van der Waals surface area contributed by atoms with Gasteiger partial charge in [0.2, 0.25) is 5.95 Å². The molecule has 9 nitrogen and oxygen atoms in total. The van der Waals surface area contributed by atoms with E-state index >= 15 is 0 Å². The Morgan fingerprint density at radius 2 is 1.97 bits per heavy atom. The van der Waals surface area contributed by atoms with E-state index in [0.717, 1.165) is 15.4 Å². The van der Waals surface area contributed by atoms with Gasteiger partial charge in [-0.25, -0.2) is 24.3 Å². The number of pyridine rings is 1. The molecule has 0 aliphatic carbocycles. The number of amides is 1. The van der Waals surface area contributed by atoms with Crippen molar-refractivity contribution >= 4 is 23.2 Å². The number of H-pyrrole nitrogens is 1. The molecule has 0 bridgehead atoms. The summed E-state index contributed by atoms with van der Waals surface area (Å²) in [7, 11) is 0. The molecule has 4 aromatic heterocycles. The molecule has 0 unspecified atom stereocenters. The summed E-state index contributed by atoms with van der Waals surface area (Å²) in [6.07, 6.45) is 9.45. The van der Waals surface area contributed by atoms with Gasteiger partial charge >= 0.3 is 0 Å². The van der Waals surface area contributed by atoms with E-state index in [1.54, 1.807) is 44.7 Å². The summed E-state index contributed by atoms with van der Waals surface area (Å²) in [4.78, 5) is 36.6. The lowest BCUT2D eigenvalue weighted by Crippen LogP contribution is -2.31. The first kappa shape index (κ1) is 20.5. The number of hydrogen-bond donors (Lipinski definition) is 3. The van der Waals surface area contributed by atoms with Crippen molar-refractivity contribution in [2.75, 3.05) is 5.32 Å². The van der Waals surface area contributed by atoms with Crippen molar-refractivity contribution in [2.45, 2.75) is 25.9 Å². The third-order valence-electron chi connectivity index (χ3n) is 4.39. The van der Waals surface area contributed by atoms with Crippen LogP contribution in [0.25, 0.3) is 10.6 Å². The number of aromatic amines is 1. The Bertz CT molecular complexity index is 1170. The number of nitrogens with one attached hydrogen (secondary N) is 3. The van der Waals surface area contributed by atoms with Crippen LogP contribution in [0.4, 0.5) is 10.3 Å². The fraction of sp³-hybridized carbons (Fsp3) is 0.200. The van der Waals surface area contributed by atoms with Gasteiger partial charge in [-0.2, -0.15) is 0 Å². The monoisotopic (exact) mass is 438 g/mol. The summed E-state index contributed by atoms with van der Waals surface area (Å²) in [5.74, 6) is -0.285. The Morgan fingerprint density at radius 3 is 2.68 bits per heavy atom. The maximum atomic E-state index is 14.1. The number of hydrogen-bond acceptors (Lipinski definition) is 8. The molecule has 0 atom stereocenters. The molecule has 4 heterocycles. The number of carbonyl (C=O) groups excluding carboxylic acids is 1. The van der Waals surface area contributed by atoms with E-state index in [1.165, 1.54) is 29.9 Å². The zero-order valence-electron chi connectivity index (χ0n) is 16.8. The van der Waals surface area contributed by atoms with Crippen molar-refractivity contribution < 1.29 is 9.18 Å². The summed E-state index contributed by atoms with van der Waals surface area (Å²) in [6, 6.07) is 2.92. The van der Waals surface area contributed by atoms with Gasteiger partial charge in [0, 0.05) is 35.2 Å². The van der Waals surface area contributed by atoms with Crippen molar-refractivity contribution in [3.63, 3.8) is 0 Å². The van der Waals surface area contributed by atoms with E-state index < -0.39 is 11.4 Å². The lowest BCUT2D eigenvalue weighted by molar-refractivity contribution is 0.0947. The van der Waals surface area contributed by atoms with Crippen LogP contribution in [0.5, 0.6) is 0 Å². The molecule has 4 aromatic rings. The van der Waals surface area contributed by atoms with E-state index in [0.29, 0.717) is 18.2 Å². The third-order valence-corrected chi connectivity index (χ3v) is 5.44. The molecule has 3 N–H and O–H groups in total. The molecule has 0 spiro atoms. The minimum absolute atomic E-state index is 0.238. The SMILES string of the molecule is CC(C)(Nc1ncc(-c2ncc(CNC(=O)c3cnc[nH]3)s2)cn1)c1ncccc1F. The maximum absolute atomic E-state index is 14.1. The number of imidazole rings is 1. The zero-order valence-corrected chi connectivity index (χ0v) is 17.6. The molecular formula is C20H19FN8OS. The Hall–Kier alpha value is -3.73. The standard InChI is InChI=1S/C20H19FN8OS/c1-20(2,16-14(21)4-3-5-23-16)29-19-26-6-12(7-27-19)18-25-9-13(31-18)8-24-17(30)15-10-22-11-28-15/h3-7,9-11H,8H2,1-2H3,(H,22,28)(H,24,30)(H,26,27,29). The number of halogens is 1.